The third-order valence-corrected chi connectivity index (χ3v) is 2.77. The molecule has 1 N–H and O–H groups in total. The largest absolute Gasteiger partial charge is 0.452 e. The lowest BCUT2D eigenvalue weighted by atomic mass is 10.3. The number of hydrogen-bond donors (Lipinski definition) is 1. The zero-order valence-corrected chi connectivity index (χ0v) is 9.28. The summed E-state index contributed by atoms with van der Waals surface area (Å²) in [4.78, 5) is 11.6. The Morgan fingerprint density at radius 3 is 2.86 bits per heavy atom. The molecular formula is C8H9ClN2O2S. The first-order valence-electron chi connectivity index (χ1n) is 3.77. The van der Waals surface area contributed by atoms with Crippen molar-refractivity contribution in [3.8, 4) is 0 Å². The van der Waals surface area contributed by atoms with Crippen LogP contribution in [0.25, 0.3) is 0 Å². The summed E-state index contributed by atoms with van der Waals surface area (Å²) in [6, 6.07) is 3.61. The molecule has 0 aliphatic heterocycles. The van der Waals surface area contributed by atoms with E-state index in [1.807, 2.05) is 6.07 Å². The van der Waals surface area contributed by atoms with E-state index >= 15 is 0 Å². The Kier molecular flexibility index (Phi) is 3.91. The molecule has 0 unspecified atom stereocenters. The van der Waals surface area contributed by atoms with Gasteiger partial charge in [-0.15, -0.1) is 11.3 Å². The van der Waals surface area contributed by atoms with Gasteiger partial charge < -0.3 is 4.74 Å². The topological polar surface area (TPSA) is 50.7 Å². The molecule has 1 aromatic rings. The van der Waals surface area contributed by atoms with Crippen LogP contribution in [0.15, 0.2) is 17.2 Å². The quantitative estimate of drug-likeness (QED) is 0.629. The van der Waals surface area contributed by atoms with Crippen molar-refractivity contribution in [2.45, 2.75) is 6.92 Å². The minimum Gasteiger partial charge on any atom is -0.452 e. The first kappa shape index (κ1) is 11.0. The van der Waals surface area contributed by atoms with Crippen LogP contribution in [0.5, 0.6) is 0 Å². The number of halogens is 1. The zero-order valence-electron chi connectivity index (χ0n) is 7.70. The van der Waals surface area contributed by atoms with Gasteiger partial charge in [-0.3, -0.25) is 0 Å². The Morgan fingerprint density at radius 2 is 2.36 bits per heavy atom. The maximum absolute atomic E-state index is 10.7. The second kappa shape index (κ2) is 4.97. The molecule has 4 nitrogen and oxygen atoms in total. The summed E-state index contributed by atoms with van der Waals surface area (Å²) in [7, 11) is 1.28. The highest BCUT2D eigenvalue weighted by molar-refractivity contribution is 7.18. The standard InChI is InChI=1S/C8H9ClN2O2S/c1-5(10-11-8(12)13-2)6-3-4-7(9)14-6/h3-4H,1-2H3,(H,11,12)/b10-5+. The molecule has 76 valence electrons. The number of amides is 1. The summed E-state index contributed by atoms with van der Waals surface area (Å²) in [6.07, 6.45) is -0.591. The highest BCUT2D eigenvalue weighted by Gasteiger charge is 2.02. The lowest BCUT2D eigenvalue weighted by Crippen LogP contribution is -2.18. The third kappa shape index (κ3) is 3.01. The zero-order chi connectivity index (χ0) is 10.6. The van der Waals surface area contributed by atoms with Crippen molar-refractivity contribution in [3.63, 3.8) is 0 Å². The van der Waals surface area contributed by atoms with E-state index in [0.29, 0.717) is 10.0 Å². The minimum absolute atomic E-state index is 0.591. The van der Waals surface area contributed by atoms with E-state index in [1.54, 1.807) is 13.0 Å². The predicted octanol–water partition coefficient (Wildman–Crippen LogP) is 2.48. The minimum atomic E-state index is -0.591. The molecule has 0 bridgehead atoms. The first-order valence-corrected chi connectivity index (χ1v) is 4.97. The first-order chi connectivity index (χ1) is 6.63. The number of hydrazone groups is 1. The SMILES string of the molecule is COC(=O)N/N=C(\C)c1ccc(Cl)s1. The lowest BCUT2D eigenvalue weighted by Gasteiger charge is -1.98. The number of nitrogens with zero attached hydrogens (tertiary/aromatic N) is 1. The van der Waals surface area contributed by atoms with Gasteiger partial charge >= 0.3 is 6.09 Å². The van der Waals surface area contributed by atoms with Crippen molar-refractivity contribution in [3.05, 3.63) is 21.3 Å². The van der Waals surface area contributed by atoms with Gasteiger partial charge in [-0.25, -0.2) is 10.2 Å². The van der Waals surface area contributed by atoms with Gasteiger partial charge in [0.1, 0.15) is 0 Å². The number of nitrogens with one attached hydrogen (secondary N) is 1. The second-order valence-electron chi connectivity index (χ2n) is 2.40. The number of thiophene rings is 1. The van der Waals surface area contributed by atoms with Crippen LogP contribution in [-0.4, -0.2) is 18.9 Å². The average molecular weight is 233 g/mol. The van der Waals surface area contributed by atoms with Crippen LogP contribution in [0.2, 0.25) is 4.34 Å². The molecule has 0 saturated heterocycles. The fraction of sp³-hybridized carbons (Fsp3) is 0.250. The van der Waals surface area contributed by atoms with E-state index in [1.165, 1.54) is 18.4 Å². The number of hydrogen-bond acceptors (Lipinski definition) is 4. The van der Waals surface area contributed by atoms with Crippen molar-refractivity contribution in [2.75, 3.05) is 7.11 Å². The highest BCUT2D eigenvalue weighted by atomic mass is 35.5. The number of methoxy groups -OCH3 is 1. The third-order valence-electron chi connectivity index (χ3n) is 1.43. The molecule has 0 fully saturated rings. The number of carbonyl (C=O) groups excluding carboxylic acids is 1. The molecule has 1 aromatic heterocycles. The monoisotopic (exact) mass is 232 g/mol. The van der Waals surface area contributed by atoms with Crippen LogP contribution < -0.4 is 5.43 Å². The van der Waals surface area contributed by atoms with Crippen LogP contribution in [0.1, 0.15) is 11.8 Å². The van der Waals surface area contributed by atoms with E-state index in [4.69, 9.17) is 11.6 Å². The van der Waals surface area contributed by atoms with Gasteiger partial charge in [-0.1, -0.05) is 11.6 Å². The number of ether oxygens (including phenoxy) is 1. The fourth-order valence-corrected chi connectivity index (χ4v) is 1.73. The Hall–Kier alpha value is -1.07. The molecular weight excluding hydrogens is 224 g/mol. The average Bonchev–Trinajstić information content (AvgIpc) is 2.60. The molecule has 0 aliphatic carbocycles. The number of rotatable bonds is 2. The van der Waals surface area contributed by atoms with Gasteiger partial charge in [0.25, 0.3) is 0 Å². The molecule has 1 amide bonds. The van der Waals surface area contributed by atoms with Gasteiger partial charge in [0, 0.05) is 0 Å². The predicted molar refractivity (Wildman–Crippen MR) is 57.1 cm³/mol. The maximum Gasteiger partial charge on any atom is 0.427 e. The Morgan fingerprint density at radius 1 is 1.64 bits per heavy atom. The Labute approximate surface area is 90.5 Å². The molecule has 6 heteroatoms. The lowest BCUT2D eigenvalue weighted by molar-refractivity contribution is 0.171. The van der Waals surface area contributed by atoms with Gasteiger partial charge in [0.15, 0.2) is 0 Å². The van der Waals surface area contributed by atoms with E-state index in [0.717, 1.165) is 4.88 Å². The second-order valence-corrected chi connectivity index (χ2v) is 4.12. The normalized spacial score (nSPS) is 11.2. The van der Waals surface area contributed by atoms with Crippen LogP contribution in [0.4, 0.5) is 4.79 Å². The summed E-state index contributed by atoms with van der Waals surface area (Å²) >= 11 is 7.14. The van der Waals surface area contributed by atoms with Crippen molar-refractivity contribution in [1.82, 2.24) is 5.43 Å². The van der Waals surface area contributed by atoms with E-state index < -0.39 is 6.09 Å². The van der Waals surface area contributed by atoms with Crippen LogP contribution in [0.3, 0.4) is 0 Å². The molecule has 0 aromatic carbocycles. The molecule has 0 saturated carbocycles. The highest BCUT2D eigenvalue weighted by Crippen LogP contribution is 2.21. The summed E-state index contributed by atoms with van der Waals surface area (Å²) < 4.78 is 5.05. The van der Waals surface area contributed by atoms with Crippen molar-refractivity contribution >= 4 is 34.7 Å². The molecule has 0 aliphatic rings. The van der Waals surface area contributed by atoms with Crippen LogP contribution in [0, 0.1) is 0 Å². The molecule has 0 atom stereocenters. The van der Waals surface area contributed by atoms with Gasteiger partial charge in [0.05, 0.1) is 22.0 Å². The van der Waals surface area contributed by atoms with Crippen molar-refractivity contribution in [2.24, 2.45) is 5.10 Å². The fourth-order valence-electron chi connectivity index (χ4n) is 0.739. The van der Waals surface area contributed by atoms with E-state index in [2.05, 4.69) is 15.3 Å². The van der Waals surface area contributed by atoms with Crippen molar-refractivity contribution < 1.29 is 9.53 Å². The summed E-state index contributed by atoms with van der Waals surface area (Å²) in [5, 5.41) is 3.82. The van der Waals surface area contributed by atoms with E-state index in [-0.39, 0.29) is 0 Å². The smallest absolute Gasteiger partial charge is 0.427 e. The molecule has 1 heterocycles. The maximum atomic E-state index is 10.7. The van der Waals surface area contributed by atoms with Gasteiger partial charge in [0.2, 0.25) is 0 Å². The van der Waals surface area contributed by atoms with Gasteiger partial charge in [-0.05, 0) is 19.1 Å². The Bertz CT molecular complexity index is 362. The summed E-state index contributed by atoms with van der Waals surface area (Å²) in [5.41, 5.74) is 2.92. The molecule has 0 radical (unpaired) electrons. The number of carbonyl (C=O) groups is 1. The van der Waals surface area contributed by atoms with Crippen LogP contribution >= 0.6 is 22.9 Å². The van der Waals surface area contributed by atoms with E-state index in [9.17, 15) is 4.79 Å². The summed E-state index contributed by atoms with van der Waals surface area (Å²) in [6.45, 7) is 1.78. The molecule has 1 rings (SSSR count). The molecule has 0 spiro atoms. The summed E-state index contributed by atoms with van der Waals surface area (Å²) in [5.74, 6) is 0. The van der Waals surface area contributed by atoms with Gasteiger partial charge in [-0.2, -0.15) is 5.10 Å². The Balaban J connectivity index is 2.65. The van der Waals surface area contributed by atoms with Crippen molar-refractivity contribution in [1.29, 1.82) is 0 Å². The molecule has 14 heavy (non-hydrogen) atoms. The van der Waals surface area contributed by atoms with Crippen LogP contribution in [-0.2, 0) is 4.74 Å².